The molecule has 1 aromatic rings. The van der Waals surface area contributed by atoms with Crippen LogP contribution in [-0.2, 0) is 0 Å². The minimum absolute atomic E-state index is 0.0898. The van der Waals surface area contributed by atoms with E-state index >= 15 is 0 Å². The van der Waals surface area contributed by atoms with Gasteiger partial charge in [-0.25, -0.2) is 0 Å². The smallest absolute Gasteiger partial charge is 0.0858 e. The second-order valence-corrected chi connectivity index (χ2v) is 5.44. The normalized spacial score (nSPS) is 21.1. The third kappa shape index (κ3) is 2.53. The average Bonchev–Trinajstić information content (AvgIpc) is 2.39. The molecule has 0 heterocycles. The summed E-state index contributed by atoms with van der Waals surface area (Å²) < 4.78 is 0. The Hall–Kier alpha value is -0.860. The molecule has 2 rings (SSSR count). The summed E-state index contributed by atoms with van der Waals surface area (Å²) in [5.41, 5.74) is 8.10. The highest BCUT2D eigenvalue weighted by Crippen LogP contribution is 2.45. The predicted molar refractivity (Wildman–Crippen MR) is 70.7 cm³/mol. The molecule has 0 aromatic heterocycles. The van der Waals surface area contributed by atoms with Crippen LogP contribution in [0.2, 0.25) is 0 Å². The van der Waals surface area contributed by atoms with Gasteiger partial charge in [-0.1, -0.05) is 49.1 Å². The van der Waals surface area contributed by atoms with Gasteiger partial charge in [0.25, 0.3) is 0 Å². The van der Waals surface area contributed by atoms with Gasteiger partial charge in [0, 0.05) is 12.0 Å². The molecule has 0 aliphatic heterocycles. The summed E-state index contributed by atoms with van der Waals surface area (Å²) in [5, 5.41) is 10.6. The van der Waals surface area contributed by atoms with E-state index in [1.54, 1.807) is 0 Å². The zero-order valence-corrected chi connectivity index (χ0v) is 10.7. The van der Waals surface area contributed by atoms with E-state index < -0.39 is 6.10 Å². The van der Waals surface area contributed by atoms with Gasteiger partial charge in [0.1, 0.15) is 0 Å². The molecule has 1 aromatic carbocycles. The Labute approximate surface area is 104 Å². The van der Waals surface area contributed by atoms with Crippen molar-refractivity contribution in [2.45, 2.75) is 45.1 Å². The molecule has 1 fully saturated rings. The summed E-state index contributed by atoms with van der Waals surface area (Å²) in [6.45, 7) is 2.65. The highest BCUT2D eigenvalue weighted by atomic mass is 16.3. The minimum Gasteiger partial charge on any atom is -0.388 e. The van der Waals surface area contributed by atoms with Gasteiger partial charge < -0.3 is 10.8 Å². The molecule has 1 atom stereocenters. The van der Waals surface area contributed by atoms with Gasteiger partial charge in [-0.05, 0) is 25.3 Å². The molecule has 1 aliphatic rings. The lowest BCUT2D eigenvalue weighted by Gasteiger charge is -2.40. The van der Waals surface area contributed by atoms with E-state index in [4.69, 9.17) is 5.73 Å². The fourth-order valence-electron chi connectivity index (χ4n) is 2.95. The third-order valence-corrected chi connectivity index (χ3v) is 4.23. The van der Waals surface area contributed by atoms with Crippen LogP contribution in [0.4, 0.5) is 0 Å². The van der Waals surface area contributed by atoms with Crippen LogP contribution in [0.1, 0.15) is 49.3 Å². The van der Waals surface area contributed by atoms with Crippen LogP contribution in [-0.4, -0.2) is 11.7 Å². The number of hydrogen-bond acceptors (Lipinski definition) is 2. The summed E-state index contributed by atoms with van der Waals surface area (Å²) in [5.74, 6) is 0. The first-order chi connectivity index (χ1) is 8.18. The molecule has 1 saturated carbocycles. The molecule has 17 heavy (non-hydrogen) atoms. The second kappa shape index (κ2) is 5.19. The van der Waals surface area contributed by atoms with Crippen molar-refractivity contribution in [2.24, 2.45) is 11.1 Å². The lowest BCUT2D eigenvalue weighted by atomic mass is 9.68. The Morgan fingerprint density at radius 1 is 1.18 bits per heavy atom. The molecule has 0 saturated heterocycles. The number of nitrogens with two attached hydrogens (primary N) is 1. The van der Waals surface area contributed by atoms with Crippen molar-refractivity contribution in [2.75, 3.05) is 6.54 Å². The van der Waals surface area contributed by atoms with Crippen LogP contribution in [0.25, 0.3) is 0 Å². The van der Waals surface area contributed by atoms with Crippen molar-refractivity contribution < 1.29 is 5.11 Å². The zero-order chi connectivity index (χ0) is 12.3. The first-order valence-corrected chi connectivity index (χ1v) is 6.63. The quantitative estimate of drug-likeness (QED) is 0.843. The van der Waals surface area contributed by atoms with E-state index in [0.29, 0.717) is 6.54 Å². The molecular weight excluding hydrogens is 210 g/mol. The number of aliphatic hydroxyl groups is 1. The Balaban J connectivity index is 2.21. The monoisotopic (exact) mass is 233 g/mol. The molecular formula is C15H23NO. The Morgan fingerprint density at radius 3 is 2.29 bits per heavy atom. The van der Waals surface area contributed by atoms with Crippen LogP contribution in [0.5, 0.6) is 0 Å². The number of benzene rings is 1. The fraction of sp³-hybridized carbons (Fsp3) is 0.600. The van der Waals surface area contributed by atoms with E-state index in [-0.39, 0.29) is 5.41 Å². The van der Waals surface area contributed by atoms with Crippen molar-refractivity contribution in [3.8, 4) is 0 Å². The average molecular weight is 233 g/mol. The van der Waals surface area contributed by atoms with E-state index in [0.717, 1.165) is 18.4 Å². The van der Waals surface area contributed by atoms with Crippen molar-refractivity contribution in [3.05, 3.63) is 35.4 Å². The molecule has 3 N–H and O–H groups in total. The molecule has 2 nitrogen and oxygen atoms in total. The van der Waals surface area contributed by atoms with Crippen LogP contribution in [0, 0.1) is 12.3 Å². The first-order valence-electron chi connectivity index (χ1n) is 6.63. The molecule has 0 bridgehead atoms. The van der Waals surface area contributed by atoms with Crippen molar-refractivity contribution in [3.63, 3.8) is 0 Å². The molecule has 0 amide bonds. The standard InChI is InChI=1S/C15H23NO/c1-12-5-7-13(8-6-12)14(17)15(11-16)9-3-2-4-10-15/h5-8,14,17H,2-4,9-11,16H2,1H3. The van der Waals surface area contributed by atoms with Crippen molar-refractivity contribution >= 4 is 0 Å². The minimum atomic E-state index is -0.409. The Kier molecular flexibility index (Phi) is 3.85. The molecule has 0 spiro atoms. The first kappa shape index (κ1) is 12.6. The SMILES string of the molecule is Cc1ccc(C(O)C2(CN)CCCCC2)cc1. The van der Waals surface area contributed by atoms with Gasteiger partial charge in [-0.3, -0.25) is 0 Å². The van der Waals surface area contributed by atoms with Gasteiger partial charge in [-0.2, -0.15) is 0 Å². The molecule has 1 unspecified atom stereocenters. The van der Waals surface area contributed by atoms with Gasteiger partial charge in [0.15, 0.2) is 0 Å². The lowest BCUT2D eigenvalue weighted by Crippen LogP contribution is -2.38. The molecule has 2 heteroatoms. The Morgan fingerprint density at radius 2 is 1.76 bits per heavy atom. The number of rotatable bonds is 3. The topological polar surface area (TPSA) is 46.2 Å². The maximum absolute atomic E-state index is 10.6. The van der Waals surface area contributed by atoms with E-state index in [9.17, 15) is 5.11 Å². The second-order valence-electron chi connectivity index (χ2n) is 5.44. The number of hydrogen-bond donors (Lipinski definition) is 2. The van der Waals surface area contributed by atoms with Crippen LogP contribution in [0.15, 0.2) is 24.3 Å². The lowest BCUT2D eigenvalue weighted by molar-refractivity contribution is 0.000693. The fourth-order valence-corrected chi connectivity index (χ4v) is 2.95. The van der Waals surface area contributed by atoms with Crippen LogP contribution < -0.4 is 5.73 Å². The largest absolute Gasteiger partial charge is 0.388 e. The van der Waals surface area contributed by atoms with Crippen LogP contribution >= 0.6 is 0 Å². The summed E-state index contributed by atoms with van der Waals surface area (Å²) in [4.78, 5) is 0. The number of aryl methyl sites for hydroxylation is 1. The Bertz CT molecular complexity index is 352. The maximum atomic E-state index is 10.6. The molecule has 0 radical (unpaired) electrons. The molecule has 1 aliphatic carbocycles. The van der Waals surface area contributed by atoms with Gasteiger partial charge in [-0.15, -0.1) is 0 Å². The van der Waals surface area contributed by atoms with Gasteiger partial charge in [0.2, 0.25) is 0 Å². The maximum Gasteiger partial charge on any atom is 0.0858 e. The number of aliphatic hydroxyl groups excluding tert-OH is 1. The summed E-state index contributed by atoms with van der Waals surface area (Å²) in [6, 6.07) is 8.19. The van der Waals surface area contributed by atoms with Crippen LogP contribution in [0.3, 0.4) is 0 Å². The highest BCUT2D eigenvalue weighted by Gasteiger charge is 2.38. The van der Waals surface area contributed by atoms with Gasteiger partial charge in [0.05, 0.1) is 6.10 Å². The summed E-state index contributed by atoms with van der Waals surface area (Å²) in [6.07, 6.45) is 5.37. The summed E-state index contributed by atoms with van der Waals surface area (Å²) in [7, 11) is 0. The van der Waals surface area contributed by atoms with Gasteiger partial charge >= 0.3 is 0 Å². The molecule has 94 valence electrons. The van der Waals surface area contributed by atoms with E-state index in [1.807, 2.05) is 12.1 Å². The highest BCUT2D eigenvalue weighted by molar-refractivity contribution is 5.25. The van der Waals surface area contributed by atoms with E-state index in [2.05, 4.69) is 19.1 Å². The third-order valence-electron chi connectivity index (χ3n) is 4.23. The summed E-state index contributed by atoms with van der Waals surface area (Å²) >= 11 is 0. The van der Waals surface area contributed by atoms with Crippen molar-refractivity contribution in [1.29, 1.82) is 0 Å². The predicted octanol–water partition coefficient (Wildman–Crippen LogP) is 2.94. The zero-order valence-electron chi connectivity index (χ0n) is 10.7. The van der Waals surface area contributed by atoms with Crippen molar-refractivity contribution in [1.82, 2.24) is 0 Å². The van der Waals surface area contributed by atoms with E-state index in [1.165, 1.54) is 24.8 Å².